The van der Waals surface area contributed by atoms with Gasteiger partial charge in [0.1, 0.15) is 16.7 Å². The van der Waals surface area contributed by atoms with E-state index in [2.05, 4.69) is 18.2 Å². The predicted octanol–water partition coefficient (Wildman–Crippen LogP) is 3.22. The molecule has 0 saturated heterocycles. The SMILES string of the molecule is C=CCOC(=O)CC(C(=O)OCCCCCCCCCCCCCCCCCCC)S(=O)(=O)[O-].[Na+]. The Hall–Kier alpha value is -0.410. The Morgan fingerprint density at radius 3 is 1.54 bits per heavy atom. The first kappa shape index (κ1) is 36.7. The van der Waals surface area contributed by atoms with E-state index >= 15 is 0 Å². The molecule has 9 heteroatoms. The largest absolute Gasteiger partial charge is 1.00 e. The van der Waals surface area contributed by atoms with Gasteiger partial charge in [-0.05, 0) is 6.42 Å². The van der Waals surface area contributed by atoms with Gasteiger partial charge >= 0.3 is 41.5 Å². The summed E-state index contributed by atoms with van der Waals surface area (Å²) >= 11 is 0. The molecule has 0 heterocycles. The second kappa shape index (κ2) is 25.2. The van der Waals surface area contributed by atoms with Gasteiger partial charge < -0.3 is 14.0 Å². The first-order chi connectivity index (χ1) is 16.3. The molecule has 0 amide bonds. The predicted molar refractivity (Wildman–Crippen MR) is 134 cm³/mol. The molecule has 0 aromatic carbocycles. The molecule has 7 nitrogen and oxygen atoms in total. The topological polar surface area (TPSA) is 110 Å². The molecule has 1 unspecified atom stereocenters. The van der Waals surface area contributed by atoms with Gasteiger partial charge in [0.25, 0.3) is 0 Å². The number of hydrogen-bond acceptors (Lipinski definition) is 7. The molecular formula is C26H47NaO7S. The Bertz CT molecular complexity index is 638. The van der Waals surface area contributed by atoms with E-state index in [1.54, 1.807) is 0 Å². The van der Waals surface area contributed by atoms with Crippen molar-refractivity contribution in [2.24, 2.45) is 0 Å². The van der Waals surface area contributed by atoms with E-state index in [1.165, 1.54) is 89.5 Å². The van der Waals surface area contributed by atoms with Crippen molar-refractivity contribution >= 4 is 22.1 Å². The fourth-order valence-corrected chi connectivity index (χ4v) is 4.40. The number of ether oxygens (including phenoxy) is 2. The quantitative estimate of drug-likeness (QED) is 0.0624. The van der Waals surface area contributed by atoms with Crippen LogP contribution in [0.15, 0.2) is 12.7 Å². The van der Waals surface area contributed by atoms with Crippen molar-refractivity contribution in [1.29, 1.82) is 0 Å². The van der Waals surface area contributed by atoms with Gasteiger partial charge in [-0.25, -0.2) is 8.42 Å². The molecule has 0 aliphatic carbocycles. The summed E-state index contributed by atoms with van der Waals surface area (Å²) in [4.78, 5) is 23.5. The van der Waals surface area contributed by atoms with E-state index in [-0.39, 0.29) is 42.8 Å². The summed E-state index contributed by atoms with van der Waals surface area (Å²) in [6.45, 7) is 5.52. The van der Waals surface area contributed by atoms with Crippen LogP contribution >= 0.6 is 0 Å². The van der Waals surface area contributed by atoms with Crippen LogP contribution in [0.3, 0.4) is 0 Å². The van der Waals surface area contributed by atoms with Crippen LogP contribution in [0.25, 0.3) is 0 Å². The summed E-state index contributed by atoms with van der Waals surface area (Å²) in [5.41, 5.74) is 0. The zero-order valence-corrected chi connectivity index (χ0v) is 25.1. The Morgan fingerprint density at radius 2 is 1.17 bits per heavy atom. The van der Waals surface area contributed by atoms with Crippen molar-refractivity contribution in [3.63, 3.8) is 0 Å². The number of carbonyl (C=O) groups excluding carboxylic acids is 2. The minimum Gasteiger partial charge on any atom is -0.747 e. The van der Waals surface area contributed by atoms with Crippen molar-refractivity contribution in [3.8, 4) is 0 Å². The second-order valence-electron chi connectivity index (χ2n) is 8.98. The molecule has 0 bridgehead atoms. The van der Waals surface area contributed by atoms with Crippen LogP contribution in [0.4, 0.5) is 0 Å². The van der Waals surface area contributed by atoms with Crippen LogP contribution in [0, 0.1) is 0 Å². The van der Waals surface area contributed by atoms with Crippen LogP contribution in [0.5, 0.6) is 0 Å². The maximum Gasteiger partial charge on any atom is 1.00 e. The van der Waals surface area contributed by atoms with Crippen LogP contribution in [0.1, 0.15) is 122 Å². The zero-order chi connectivity index (χ0) is 25.5. The average Bonchev–Trinajstić information content (AvgIpc) is 2.79. The fourth-order valence-electron chi connectivity index (χ4n) is 3.76. The monoisotopic (exact) mass is 526 g/mol. The van der Waals surface area contributed by atoms with Crippen molar-refractivity contribution < 1.29 is 61.6 Å². The fraction of sp³-hybridized carbons (Fsp3) is 0.846. The summed E-state index contributed by atoms with van der Waals surface area (Å²) in [6.07, 6.45) is 21.4. The van der Waals surface area contributed by atoms with Crippen LogP contribution in [0.2, 0.25) is 0 Å². The molecule has 0 aromatic heterocycles. The van der Waals surface area contributed by atoms with E-state index in [1.807, 2.05) is 0 Å². The number of esters is 2. The maximum absolute atomic E-state index is 11.9. The molecule has 35 heavy (non-hydrogen) atoms. The van der Waals surface area contributed by atoms with E-state index in [9.17, 15) is 22.6 Å². The van der Waals surface area contributed by atoms with Gasteiger partial charge in [-0.3, -0.25) is 9.59 Å². The Kier molecular flexibility index (Phi) is 26.5. The molecular weight excluding hydrogens is 479 g/mol. The molecule has 0 rings (SSSR count). The van der Waals surface area contributed by atoms with Gasteiger partial charge in [0.05, 0.1) is 13.0 Å². The number of unbranched alkanes of at least 4 members (excludes halogenated alkanes) is 16. The van der Waals surface area contributed by atoms with Crippen molar-refractivity contribution in [2.75, 3.05) is 13.2 Å². The van der Waals surface area contributed by atoms with E-state index < -0.39 is 33.7 Å². The van der Waals surface area contributed by atoms with Gasteiger partial charge in [0.2, 0.25) is 0 Å². The number of hydrogen-bond donors (Lipinski definition) is 0. The molecule has 0 aliphatic heterocycles. The Balaban J connectivity index is 0. The normalized spacial score (nSPS) is 11.9. The van der Waals surface area contributed by atoms with Gasteiger partial charge in [-0.1, -0.05) is 122 Å². The van der Waals surface area contributed by atoms with Gasteiger partial charge in [-0.15, -0.1) is 0 Å². The maximum atomic E-state index is 11.9. The third-order valence-corrected chi connectivity index (χ3v) is 6.87. The zero-order valence-electron chi connectivity index (χ0n) is 22.3. The summed E-state index contributed by atoms with van der Waals surface area (Å²) in [5, 5.41) is -2.07. The summed E-state index contributed by atoms with van der Waals surface area (Å²) in [6, 6.07) is 0. The summed E-state index contributed by atoms with van der Waals surface area (Å²) in [7, 11) is -5.01. The van der Waals surface area contributed by atoms with Crippen molar-refractivity contribution in [3.05, 3.63) is 12.7 Å². The van der Waals surface area contributed by atoms with Crippen LogP contribution < -0.4 is 29.6 Å². The van der Waals surface area contributed by atoms with Crippen LogP contribution in [-0.4, -0.2) is 43.4 Å². The first-order valence-electron chi connectivity index (χ1n) is 13.2. The van der Waals surface area contributed by atoms with Crippen molar-refractivity contribution in [2.45, 2.75) is 128 Å². The van der Waals surface area contributed by atoms with E-state index in [0.29, 0.717) is 6.42 Å². The first-order valence-corrected chi connectivity index (χ1v) is 14.7. The minimum absolute atomic E-state index is 0. The molecule has 0 fully saturated rings. The molecule has 1 atom stereocenters. The van der Waals surface area contributed by atoms with Crippen molar-refractivity contribution in [1.82, 2.24) is 0 Å². The van der Waals surface area contributed by atoms with Gasteiger partial charge in [0.15, 0.2) is 5.25 Å². The smallest absolute Gasteiger partial charge is 0.747 e. The molecule has 200 valence electrons. The Labute approximate surface area is 236 Å². The second-order valence-corrected chi connectivity index (χ2v) is 10.5. The molecule has 0 aliphatic rings. The number of rotatable bonds is 24. The average molecular weight is 527 g/mol. The molecule has 0 radical (unpaired) electrons. The third kappa shape index (κ3) is 23.7. The number of carbonyl (C=O) groups is 2. The standard InChI is InChI=1S/C26H48O7S.Na/c1-3-5-6-7-8-9-10-11-12-13-14-15-16-17-18-19-20-22-33-26(28)24(34(29,30)31)23-25(27)32-21-4-2;/h4,24H,2-3,5-23H2,1H3,(H,29,30,31);/q;+1/p-1. The molecule has 0 N–H and O–H groups in total. The molecule has 0 spiro atoms. The summed E-state index contributed by atoms with van der Waals surface area (Å²) < 4.78 is 43.4. The molecule has 0 aromatic rings. The Morgan fingerprint density at radius 1 is 0.771 bits per heavy atom. The molecule has 0 saturated carbocycles. The van der Waals surface area contributed by atoms with E-state index in [0.717, 1.165) is 19.3 Å². The third-order valence-electron chi connectivity index (χ3n) is 5.82. The van der Waals surface area contributed by atoms with Gasteiger partial charge in [0, 0.05) is 0 Å². The minimum atomic E-state index is -5.01. The summed E-state index contributed by atoms with van der Waals surface area (Å²) in [5.74, 6) is -2.15. The van der Waals surface area contributed by atoms with Crippen LogP contribution in [-0.2, 0) is 29.2 Å². The van der Waals surface area contributed by atoms with E-state index in [4.69, 9.17) is 4.74 Å². The van der Waals surface area contributed by atoms with Gasteiger partial charge in [-0.2, -0.15) is 0 Å².